The first-order valence-corrected chi connectivity index (χ1v) is 7.30. The number of hydrogen-bond acceptors (Lipinski definition) is 3. The van der Waals surface area contributed by atoms with Crippen molar-refractivity contribution < 1.29 is 9.59 Å². The van der Waals surface area contributed by atoms with E-state index in [1.165, 1.54) is 0 Å². The molecule has 1 N–H and O–H groups in total. The predicted molar refractivity (Wildman–Crippen MR) is 81.7 cm³/mol. The van der Waals surface area contributed by atoms with E-state index in [4.69, 9.17) is 0 Å². The van der Waals surface area contributed by atoms with Gasteiger partial charge >= 0.3 is 0 Å². The Morgan fingerprint density at radius 3 is 2.65 bits per heavy atom. The van der Waals surface area contributed by atoms with Crippen LogP contribution in [0, 0.1) is 0 Å². The molecule has 5 heteroatoms. The van der Waals surface area contributed by atoms with E-state index in [0.29, 0.717) is 6.42 Å². The maximum Gasteiger partial charge on any atom is 0.237 e. The van der Waals surface area contributed by atoms with Gasteiger partial charge in [-0.1, -0.05) is 30.3 Å². The molecule has 1 aliphatic rings. The molecular weight excluding hydrogens is 272 g/mol. The number of amides is 1. The molecule has 0 unspecified atom stereocenters. The van der Waals surface area contributed by atoms with E-state index in [1.807, 2.05) is 42.3 Å². The lowest BCUT2D eigenvalue weighted by atomic mass is 10.1. The van der Waals surface area contributed by atoms with E-state index in [0.717, 1.165) is 24.9 Å². The molecule has 20 heavy (non-hydrogen) atoms. The quantitative estimate of drug-likeness (QED) is 0.804. The fourth-order valence-corrected chi connectivity index (χ4v) is 2.72. The Balaban J connectivity index is 1.99. The molecule has 2 atom stereocenters. The van der Waals surface area contributed by atoms with Crippen molar-refractivity contribution in [3.8, 4) is 0 Å². The number of thiol groups is 1. The van der Waals surface area contributed by atoms with Gasteiger partial charge in [-0.15, -0.1) is 12.6 Å². The number of hydrogen-bond donors (Lipinski definition) is 2. The van der Waals surface area contributed by atoms with Gasteiger partial charge in [-0.3, -0.25) is 14.5 Å². The Labute approximate surface area is 124 Å². The highest BCUT2D eigenvalue weighted by Gasteiger charge is 2.30. The van der Waals surface area contributed by atoms with Gasteiger partial charge in [-0.05, 0) is 32.0 Å². The van der Waals surface area contributed by atoms with Crippen molar-refractivity contribution >= 4 is 23.7 Å². The standard InChI is InChI=1S/C15H20N2O2S/c1-17-9-5-8-13(17)14(18)16-12(15(19)20)10-11-6-3-2-4-7-11/h2-4,6-7,12-13H,5,8-10H2,1H3,(H,16,18)(H,19,20)/t12-,13-/m0/s1. The first-order valence-electron chi connectivity index (χ1n) is 6.85. The van der Waals surface area contributed by atoms with Gasteiger partial charge in [0, 0.05) is 6.42 Å². The normalized spacial score (nSPS) is 20.6. The molecule has 0 saturated carbocycles. The largest absolute Gasteiger partial charge is 0.344 e. The zero-order valence-corrected chi connectivity index (χ0v) is 12.5. The van der Waals surface area contributed by atoms with Crippen LogP contribution in [-0.2, 0) is 16.0 Å². The molecule has 0 aromatic heterocycles. The van der Waals surface area contributed by atoms with Crippen LogP contribution >= 0.6 is 12.6 Å². The summed E-state index contributed by atoms with van der Waals surface area (Å²) in [5, 5.41) is 2.53. The summed E-state index contributed by atoms with van der Waals surface area (Å²) in [6.45, 7) is 0.927. The van der Waals surface area contributed by atoms with E-state index in [2.05, 4.69) is 17.9 Å². The molecule has 1 saturated heterocycles. The average molecular weight is 292 g/mol. The molecule has 1 fully saturated rings. The van der Waals surface area contributed by atoms with Gasteiger partial charge in [0.15, 0.2) is 0 Å². The summed E-state index contributed by atoms with van der Waals surface area (Å²) in [5.41, 5.74) is 1.01. The van der Waals surface area contributed by atoms with Gasteiger partial charge < -0.3 is 5.32 Å². The molecule has 2 rings (SSSR count). The van der Waals surface area contributed by atoms with E-state index >= 15 is 0 Å². The first-order chi connectivity index (χ1) is 9.58. The van der Waals surface area contributed by atoms with E-state index in [9.17, 15) is 9.59 Å². The summed E-state index contributed by atoms with van der Waals surface area (Å²) in [6, 6.07) is 8.95. The second-order valence-electron chi connectivity index (χ2n) is 5.23. The third kappa shape index (κ3) is 3.84. The van der Waals surface area contributed by atoms with Gasteiger partial charge in [0.1, 0.15) is 6.04 Å². The smallest absolute Gasteiger partial charge is 0.237 e. The number of rotatable bonds is 5. The second kappa shape index (κ2) is 6.90. The maximum atomic E-state index is 12.2. The highest BCUT2D eigenvalue weighted by atomic mass is 32.1. The van der Waals surface area contributed by atoms with Gasteiger partial charge in [-0.25, -0.2) is 0 Å². The zero-order chi connectivity index (χ0) is 14.5. The topological polar surface area (TPSA) is 49.4 Å². The molecule has 0 spiro atoms. The minimum absolute atomic E-state index is 0.0756. The van der Waals surface area contributed by atoms with Crippen LogP contribution < -0.4 is 5.32 Å². The van der Waals surface area contributed by atoms with Gasteiger partial charge in [-0.2, -0.15) is 0 Å². The Hall–Kier alpha value is -1.33. The lowest BCUT2D eigenvalue weighted by Crippen LogP contribution is -2.48. The van der Waals surface area contributed by atoms with Gasteiger partial charge in [0.2, 0.25) is 11.0 Å². The van der Waals surface area contributed by atoms with Crippen molar-refractivity contribution in [1.82, 2.24) is 10.2 Å². The highest BCUT2D eigenvalue weighted by molar-refractivity contribution is 7.96. The van der Waals surface area contributed by atoms with Crippen molar-refractivity contribution in [2.24, 2.45) is 0 Å². The number of benzene rings is 1. The number of likely N-dealkylation sites (tertiary alicyclic amines) is 1. The Morgan fingerprint density at radius 1 is 1.40 bits per heavy atom. The van der Waals surface area contributed by atoms with Crippen LogP contribution in [0.3, 0.4) is 0 Å². The van der Waals surface area contributed by atoms with Crippen LogP contribution in [0.2, 0.25) is 0 Å². The lowest BCUT2D eigenvalue weighted by molar-refractivity contribution is -0.128. The molecule has 1 aliphatic heterocycles. The second-order valence-corrected chi connectivity index (χ2v) is 5.67. The van der Waals surface area contributed by atoms with Crippen LogP contribution in [0.15, 0.2) is 30.3 Å². The number of nitrogens with zero attached hydrogens (tertiary/aromatic N) is 1. The summed E-state index contributed by atoms with van der Waals surface area (Å²) < 4.78 is 0. The molecule has 0 radical (unpaired) electrons. The van der Waals surface area contributed by atoms with Crippen LogP contribution in [0.5, 0.6) is 0 Å². The van der Waals surface area contributed by atoms with Crippen LogP contribution in [0.1, 0.15) is 18.4 Å². The molecule has 1 aromatic rings. The summed E-state index contributed by atoms with van der Waals surface area (Å²) in [4.78, 5) is 25.9. The average Bonchev–Trinajstić information content (AvgIpc) is 2.85. The van der Waals surface area contributed by atoms with Crippen molar-refractivity contribution in [1.29, 1.82) is 0 Å². The van der Waals surface area contributed by atoms with E-state index in [1.54, 1.807) is 0 Å². The Morgan fingerprint density at radius 2 is 2.10 bits per heavy atom. The fourth-order valence-electron chi connectivity index (χ4n) is 2.56. The van der Waals surface area contributed by atoms with Crippen molar-refractivity contribution in [2.75, 3.05) is 13.6 Å². The summed E-state index contributed by atoms with van der Waals surface area (Å²) in [7, 11) is 1.94. The van der Waals surface area contributed by atoms with Gasteiger partial charge in [0.05, 0.1) is 6.04 Å². The number of carbonyl (C=O) groups is 2. The van der Waals surface area contributed by atoms with Crippen LogP contribution in [0.4, 0.5) is 0 Å². The van der Waals surface area contributed by atoms with Gasteiger partial charge in [0.25, 0.3) is 0 Å². The summed E-state index contributed by atoms with van der Waals surface area (Å²) in [6.07, 6.45) is 2.35. The molecule has 108 valence electrons. The minimum Gasteiger partial charge on any atom is -0.344 e. The maximum absolute atomic E-state index is 12.2. The SMILES string of the molecule is CN1CCC[C@H]1C(=O)N[C@@H](Cc1ccccc1)C(=O)S. The molecule has 1 amide bonds. The van der Waals surface area contributed by atoms with E-state index in [-0.39, 0.29) is 17.1 Å². The van der Waals surface area contributed by atoms with Crippen molar-refractivity contribution in [2.45, 2.75) is 31.3 Å². The van der Waals surface area contributed by atoms with Crippen LogP contribution in [0.25, 0.3) is 0 Å². The molecule has 1 heterocycles. The fraction of sp³-hybridized carbons (Fsp3) is 0.467. The Bertz CT molecular complexity index is 478. The highest BCUT2D eigenvalue weighted by Crippen LogP contribution is 2.15. The predicted octanol–water partition coefficient (Wildman–Crippen LogP) is 1.26. The monoisotopic (exact) mass is 292 g/mol. The third-order valence-corrected chi connectivity index (χ3v) is 4.03. The zero-order valence-electron chi connectivity index (χ0n) is 11.6. The summed E-state index contributed by atoms with van der Waals surface area (Å²) in [5.74, 6) is -0.0756. The molecule has 0 bridgehead atoms. The van der Waals surface area contributed by atoms with Crippen LogP contribution in [-0.4, -0.2) is 41.6 Å². The summed E-state index contributed by atoms with van der Waals surface area (Å²) >= 11 is 3.90. The molecule has 1 aromatic carbocycles. The lowest BCUT2D eigenvalue weighted by Gasteiger charge is -2.22. The molecular formula is C15H20N2O2S. The number of likely N-dealkylation sites (N-methyl/N-ethyl adjacent to an activating group) is 1. The van der Waals surface area contributed by atoms with E-state index < -0.39 is 6.04 Å². The minimum atomic E-state index is -0.567. The van der Waals surface area contributed by atoms with Crippen molar-refractivity contribution in [3.63, 3.8) is 0 Å². The van der Waals surface area contributed by atoms with Crippen molar-refractivity contribution in [3.05, 3.63) is 35.9 Å². The third-order valence-electron chi connectivity index (χ3n) is 3.72. The first kappa shape index (κ1) is 15.1. The number of nitrogens with one attached hydrogen (secondary N) is 1. The molecule has 4 nitrogen and oxygen atoms in total. The number of carbonyl (C=O) groups excluding carboxylic acids is 2. The Kier molecular flexibility index (Phi) is 5.20. The molecule has 0 aliphatic carbocycles.